The Bertz CT molecular complexity index is 502. The van der Waals surface area contributed by atoms with E-state index in [4.69, 9.17) is 0 Å². The van der Waals surface area contributed by atoms with Crippen LogP contribution in [0.3, 0.4) is 0 Å². The van der Waals surface area contributed by atoms with Gasteiger partial charge in [-0.15, -0.1) is 0 Å². The van der Waals surface area contributed by atoms with Crippen LogP contribution in [0.25, 0.3) is 0 Å². The Morgan fingerprint density at radius 3 is 2.42 bits per heavy atom. The van der Waals surface area contributed by atoms with Crippen molar-refractivity contribution in [1.82, 2.24) is 0 Å². The average molecular weight is 356 g/mol. The first kappa shape index (κ1) is 16.5. The number of hydrogen-bond donors (Lipinski definition) is 0. The number of halogens is 4. The maximum absolute atomic E-state index is 13.6. The minimum atomic E-state index is -1.75. The minimum absolute atomic E-state index is 0.254. The van der Waals surface area contributed by atoms with Crippen LogP contribution in [0.5, 0.6) is 0 Å². The Kier molecular flexibility index (Phi) is 5.46. The summed E-state index contributed by atoms with van der Waals surface area (Å²) < 4.78 is 54.9. The summed E-state index contributed by atoms with van der Waals surface area (Å²) in [6.45, 7) is 3.83. The van der Waals surface area contributed by atoms with Crippen molar-refractivity contribution in [3.63, 3.8) is 0 Å². The normalized spacial score (nSPS) is 14.6. The van der Waals surface area contributed by atoms with Crippen molar-refractivity contribution < 1.29 is 17.7 Å². The monoisotopic (exact) mass is 355 g/mol. The largest absolute Gasteiger partial charge is 0.591 e. The summed E-state index contributed by atoms with van der Waals surface area (Å²) in [5.41, 5.74) is -0.696. The van der Waals surface area contributed by atoms with Gasteiger partial charge in [0.15, 0.2) is 11.6 Å². The predicted molar refractivity (Wildman–Crippen MR) is 74.5 cm³/mol. The summed E-state index contributed by atoms with van der Waals surface area (Å²) in [6.07, 6.45) is 0. The molecule has 0 spiro atoms. The molecule has 0 radical (unpaired) electrons. The summed E-state index contributed by atoms with van der Waals surface area (Å²) in [7, 11) is 0. The fourth-order valence-electron chi connectivity index (χ4n) is 1.15. The zero-order valence-corrected chi connectivity index (χ0v) is 13.0. The molecule has 2 nitrogen and oxygen atoms in total. The average Bonchev–Trinajstić information content (AvgIpc) is 2.29. The third-order valence-corrected chi connectivity index (χ3v) is 4.04. The highest BCUT2D eigenvalue weighted by Crippen LogP contribution is 2.23. The quantitative estimate of drug-likeness (QED) is 0.459. The van der Waals surface area contributed by atoms with E-state index in [1.165, 1.54) is 6.07 Å². The smallest absolute Gasteiger partial charge is 0.168 e. The third-order valence-electron chi connectivity index (χ3n) is 2.15. The topological polar surface area (TPSA) is 35.4 Å². The van der Waals surface area contributed by atoms with Gasteiger partial charge in [-0.3, -0.25) is 0 Å². The maximum Gasteiger partial charge on any atom is 0.168 e. The first-order valence-corrected chi connectivity index (χ1v) is 7.27. The molecule has 1 atom stereocenters. The molecule has 0 aromatic heterocycles. The molecule has 106 valence electrons. The van der Waals surface area contributed by atoms with Crippen LogP contribution in [0.2, 0.25) is 0 Å². The van der Waals surface area contributed by atoms with Gasteiger partial charge in [0.05, 0.1) is 0 Å². The number of nitrogens with zero attached hydrogens (tertiary/aromatic N) is 1. The molecule has 1 rings (SSSR count). The van der Waals surface area contributed by atoms with Crippen molar-refractivity contribution in [2.24, 2.45) is 4.40 Å². The molecule has 0 saturated heterocycles. The Balaban J connectivity index is 3.29. The number of hydrogen-bond acceptors (Lipinski definition) is 2. The van der Waals surface area contributed by atoms with Crippen LogP contribution >= 0.6 is 15.9 Å². The molecule has 0 heterocycles. The van der Waals surface area contributed by atoms with Gasteiger partial charge in [-0.1, -0.05) is 20.3 Å². The lowest BCUT2D eigenvalue weighted by Crippen LogP contribution is -2.27. The standard InChI is InChI=1S/C12H13BrF3NOS/c1-12(2,3)19(18)17-10(6-14)8-4-7(13)5-9(15)11(8)16/h4-5H,6H2,1-3H3. The molecule has 0 saturated carbocycles. The molecular formula is C12H13BrF3NOS. The van der Waals surface area contributed by atoms with Crippen LogP contribution in [0.1, 0.15) is 26.3 Å². The van der Waals surface area contributed by atoms with Gasteiger partial charge in [0.1, 0.15) is 28.5 Å². The molecule has 19 heavy (non-hydrogen) atoms. The summed E-state index contributed by atoms with van der Waals surface area (Å²) in [4.78, 5) is 0. The van der Waals surface area contributed by atoms with Crippen LogP contribution in [0, 0.1) is 11.6 Å². The van der Waals surface area contributed by atoms with E-state index in [0.29, 0.717) is 0 Å². The lowest BCUT2D eigenvalue weighted by molar-refractivity contribution is 0.504. The van der Waals surface area contributed by atoms with E-state index in [2.05, 4.69) is 20.3 Å². The van der Waals surface area contributed by atoms with Crippen LogP contribution in [0.15, 0.2) is 21.0 Å². The molecule has 1 unspecified atom stereocenters. The highest BCUT2D eigenvalue weighted by Gasteiger charge is 2.28. The molecule has 1 aromatic carbocycles. The zero-order valence-electron chi connectivity index (χ0n) is 10.6. The number of alkyl halides is 1. The summed E-state index contributed by atoms with van der Waals surface area (Å²) in [6, 6.07) is 2.13. The first-order chi connectivity index (χ1) is 8.66. The lowest BCUT2D eigenvalue weighted by atomic mass is 10.1. The molecule has 0 bridgehead atoms. The molecule has 0 fully saturated rings. The summed E-state index contributed by atoms with van der Waals surface area (Å²) in [5.74, 6) is -2.32. The molecular weight excluding hydrogens is 343 g/mol. The highest BCUT2D eigenvalue weighted by atomic mass is 79.9. The predicted octanol–water partition coefficient (Wildman–Crippen LogP) is 3.95. The Morgan fingerprint density at radius 1 is 1.37 bits per heavy atom. The number of benzene rings is 1. The van der Waals surface area contributed by atoms with Gasteiger partial charge >= 0.3 is 0 Å². The van der Waals surface area contributed by atoms with Gasteiger partial charge in [0, 0.05) is 10.0 Å². The van der Waals surface area contributed by atoms with E-state index in [1.54, 1.807) is 20.8 Å². The highest BCUT2D eigenvalue weighted by molar-refractivity contribution is 9.10. The van der Waals surface area contributed by atoms with Crippen molar-refractivity contribution in [2.45, 2.75) is 25.5 Å². The van der Waals surface area contributed by atoms with E-state index < -0.39 is 34.4 Å². The van der Waals surface area contributed by atoms with Crippen LogP contribution < -0.4 is 0 Å². The maximum atomic E-state index is 13.6. The van der Waals surface area contributed by atoms with Gasteiger partial charge in [-0.25, -0.2) is 13.2 Å². The molecule has 0 aliphatic rings. The van der Waals surface area contributed by atoms with E-state index in [1.807, 2.05) is 0 Å². The van der Waals surface area contributed by atoms with Crippen molar-refractivity contribution in [3.05, 3.63) is 33.8 Å². The molecule has 0 amide bonds. The van der Waals surface area contributed by atoms with E-state index in [0.717, 1.165) is 6.07 Å². The zero-order chi connectivity index (χ0) is 14.8. The van der Waals surface area contributed by atoms with Crippen molar-refractivity contribution in [3.8, 4) is 0 Å². The Hall–Kier alpha value is -0.530. The second-order valence-corrected chi connectivity index (χ2v) is 7.60. The SMILES string of the molecule is CC(C)(C)[S+]([O-])N=C(CF)c1cc(Br)cc(F)c1F. The minimum Gasteiger partial charge on any atom is -0.591 e. The van der Waals surface area contributed by atoms with Gasteiger partial charge in [-0.2, -0.15) is 0 Å². The van der Waals surface area contributed by atoms with E-state index in [9.17, 15) is 17.7 Å². The van der Waals surface area contributed by atoms with Gasteiger partial charge in [0.2, 0.25) is 0 Å². The van der Waals surface area contributed by atoms with Crippen molar-refractivity contribution >= 4 is 33.0 Å². The van der Waals surface area contributed by atoms with Crippen molar-refractivity contribution in [2.75, 3.05) is 6.67 Å². The fraction of sp³-hybridized carbons (Fsp3) is 0.417. The second-order valence-electron chi connectivity index (χ2n) is 4.78. The molecule has 0 aliphatic carbocycles. The number of rotatable bonds is 3. The molecule has 1 aromatic rings. The van der Waals surface area contributed by atoms with Gasteiger partial charge < -0.3 is 4.55 Å². The second kappa shape index (κ2) is 6.28. The van der Waals surface area contributed by atoms with Crippen LogP contribution in [0.4, 0.5) is 13.2 Å². The Labute approximate surface area is 121 Å². The molecule has 0 aliphatic heterocycles. The molecule has 0 N–H and O–H groups in total. The summed E-state index contributed by atoms with van der Waals surface area (Å²) >= 11 is 1.24. The third kappa shape index (κ3) is 4.22. The van der Waals surface area contributed by atoms with Crippen molar-refractivity contribution in [1.29, 1.82) is 0 Å². The first-order valence-electron chi connectivity index (χ1n) is 5.37. The Morgan fingerprint density at radius 2 is 1.95 bits per heavy atom. The molecule has 7 heteroatoms. The van der Waals surface area contributed by atoms with Gasteiger partial charge in [0.25, 0.3) is 0 Å². The van der Waals surface area contributed by atoms with Crippen LogP contribution in [-0.4, -0.2) is 21.7 Å². The van der Waals surface area contributed by atoms with Gasteiger partial charge in [-0.05, 0) is 32.9 Å². The lowest BCUT2D eigenvalue weighted by Gasteiger charge is -2.19. The fourth-order valence-corrected chi connectivity index (χ4v) is 2.20. The van der Waals surface area contributed by atoms with E-state index in [-0.39, 0.29) is 15.7 Å². The summed E-state index contributed by atoms with van der Waals surface area (Å²) in [5, 5.41) is 0. The van der Waals surface area contributed by atoms with E-state index >= 15 is 0 Å². The van der Waals surface area contributed by atoms with Crippen LogP contribution in [-0.2, 0) is 11.4 Å².